The molecule has 1 aliphatic rings. The third-order valence-electron chi connectivity index (χ3n) is 3.93. The van der Waals surface area contributed by atoms with Crippen molar-refractivity contribution < 1.29 is 0 Å². The maximum atomic E-state index is 4.58. The smallest absolute Gasteiger partial charge is 0.145 e. The maximum absolute atomic E-state index is 4.58. The van der Waals surface area contributed by atoms with Crippen LogP contribution in [0.25, 0.3) is 11.1 Å². The molecule has 5 heteroatoms. The average molecular weight is 347 g/mol. The first-order chi connectivity index (χ1) is 10.3. The van der Waals surface area contributed by atoms with Crippen LogP contribution in [0.15, 0.2) is 41.1 Å². The lowest BCUT2D eigenvalue weighted by atomic mass is 10.1. The van der Waals surface area contributed by atoms with E-state index in [9.17, 15) is 0 Å². The molecule has 110 valence electrons. The molecule has 0 spiro atoms. The zero-order chi connectivity index (χ0) is 14.7. The molecule has 0 aliphatic carbocycles. The van der Waals surface area contributed by atoms with Crippen molar-refractivity contribution in [1.82, 2.24) is 20.2 Å². The lowest BCUT2D eigenvalue weighted by Gasteiger charge is -2.31. The summed E-state index contributed by atoms with van der Waals surface area (Å²) in [7, 11) is 0. The molecule has 0 bridgehead atoms. The predicted octanol–water partition coefficient (Wildman–Crippen LogP) is 2.87. The molecular weight excluding hydrogens is 328 g/mol. The third-order valence-corrected chi connectivity index (χ3v) is 4.62. The van der Waals surface area contributed by atoms with Crippen molar-refractivity contribution in [1.29, 1.82) is 0 Å². The van der Waals surface area contributed by atoms with E-state index in [4.69, 9.17) is 0 Å². The molecule has 1 aromatic carbocycles. The number of rotatable bonds is 3. The van der Waals surface area contributed by atoms with Crippen molar-refractivity contribution in [2.24, 2.45) is 0 Å². The van der Waals surface area contributed by atoms with Gasteiger partial charge in [0.25, 0.3) is 0 Å². The van der Waals surface area contributed by atoms with Crippen LogP contribution < -0.4 is 5.32 Å². The number of nitrogens with zero attached hydrogens (tertiary/aromatic N) is 3. The van der Waals surface area contributed by atoms with Gasteiger partial charge in [-0.2, -0.15) is 0 Å². The molecule has 21 heavy (non-hydrogen) atoms. The fraction of sp³-hybridized carbons (Fsp3) is 0.375. The van der Waals surface area contributed by atoms with E-state index >= 15 is 0 Å². The Labute approximate surface area is 133 Å². The number of hydrogen-bond acceptors (Lipinski definition) is 4. The fourth-order valence-electron chi connectivity index (χ4n) is 2.62. The summed E-state index contributed by atoms with van der Waals surface area (Å²) in [5.74, 6) is 0.896. The minimum Gasteiger partial charge on any atom is -0.314 e. The monoisotopic (exact) mass is 346 g/mol. The van der Waals surface area contributed by atoms with E-state index in [1.54, 1.807) is 0 Å². The number of benzene rings is 1. The maximum Gasteiger partial charge on any atom is 0.145 e. The van der Waals surface area contributed by atoms with E-state index in [2.05, 4.69) is 49.1 Å². The van der Waals surface area contributed by atoms with Crippen molar-refractivity contribution in [2.45, 2.75) is 13.0 Å². The number of piperazine rings is 1. The van der Waals surface area contributed by atoms with Gasteiger partial charge in [0, 0.05) is 48.6 Å². The first kappa shape index (κ1) is 14.6. The minimum absolute atomic E-state index is 0.264. The molecule has 4 nitrogen and oxygen atoms in total. The van der Waals surface area contributed by atoms with E-state index in [0.717, 1.165) is 47.6 Å². The highest BCUT2D eigenvalue weighted by atomic mass is 79.9. The Balaban J connectivity index is 1.79. The summed E-state index contributed by atoms with van der Waals surface area (Å²) in [5, 5.41) is 3.37. The van der Waals surface area contributed by atoms with Gasteiger partial charge in [0.05, 0.1) is 6.04 Å². The number of halogens is 1. The van der Waals surface area contributed by atoms with E-state index in [1.165, 1.54) is 0 Å². The van der Waals surface area contributed by atoms with Gasteiger partial charge in [-0.15, -0.1) is 0 Å². The molecule has 2 heterocycles. The largest absolute Gasteiger partial charge is 0.314 e. The standard InChI is InChI=1S/C16H19BrN4/c1-12(21-8-6-18-7-9-21)16-19-10-13(11-20-16)14-4-2-3-5-15(14)17/h2-5,10-12,18H,6-9H2,1H3. The first-order valence-electron chi connectivity index (χ1n) is 7.27. The molecule has 1 saturated heterocycles. The van der Waals surface area contributed by atoms with Crippen molar-refractivity contribution in [3.05, 3.63) is 47.0 Å². The van der Waals surface area contributed by atoms with Gasteiger partial charge >= 0.3 is 0 Å². The summed E-state index contributed by atoms with van der Waals surface area (Å²) in [6.07, 6.45) is 3.84. The lowest BCUT2D eigenvalue weighted by molar-refractivity contribution is 0.179. The molecule has 3 rings (SSSR count). The van der Waals surface area contributed by atoms with Crippen LogP contribution in [0.3, 0.4) is 0 Å². The summed E-state index contributed by atoms with van der Waals surface area (Å²) >= 11 is 3.57. The highest BCUT2D eigenvalue weighted by Gasteiger charge is 2.20. The van der Waals surface area contributed by atoms with Gasteiger partial charge in [0.1, 0.15) is 5.82 Å². The third kappa shape index (κ3) is 3.31. The second kappa shape index (κ2) is 6.64. The number of aromatic nitrogens is 2. The fourth-order valence-corrected chi connectivity index (χ4v) is 3.13. The molecule has 1 aromatic heterocycles. The Kier molecular flexibility index (Phi) is 4.63. The van der Waals surface area contributed by atoms with Gasteiger partial charge in [-0.1, -0.05) is 34.1 Å². The molecule has 0 amide bonds. The van der Waals surface area contributed by atoms with Crippen LogP contribution >= 0.6 is 15.9 Å². The highest BCUT2D eigenvalue weighted by molar-refractivity contribution is 9.10. The second-order valence-electron chi connectivity index (χ2n) is 5.27. The molecule has 1 fully saturated rings. The van der Waals surface area contributed by atoms with Crippen molar-refractivity contribution in [2.75, 3.05) is 26.2 Å². The van der Waals surface area contributed by atoms with Crippen LogP contribution in [0, 0.1) is 0 Å². The minimum atomic E-state index is 0.264. The molecule has 1 unspecified atom stereocenters. The molecule has 1 atom stereocenters. The van der Waals surface area contributed by atoms with Gasteiger partial charge in [0.15, 0.2) is 0 Å². The summed E-state index contributed by atoms with van der Waals surface area (Å²) in [6.45, 7) is 6.37. The number of nitrogens with one attached hydrogen (secondary N) is 1. The van der Waals surface area contributed by atoms with Gasteiger partial charge in [-0.05, 0) is 18.6 Å². The zero-order valence-corrected chi connectivity index (χ0v) is 13.7. The van der Waals surface area contributed by atoms with Crippen LogP contribution in [0.2, 0.25) is 0 Å². The molecule has 0 saturated carbocycles. The van der Waals surface area contributed by atoms with Crippen molar-refractivity contribution in [3.8, 4) is 11.1 Å². The SMILES string of the molecule is CC(c1ncc(-c2ccccc2Br)cn1)N1CCNCC1. The highest BCUT2D eigenvalue weighted by Crippen LogP contribution is 2.27. The Bertz CT molecular complexity index is 593. The molecule has 1 aliphatic heterocycles. The summed E-state index contributed by atoms with van der Waals surface area (Å²) in [6, 6.07) is 8.40. The van der Waals surface area contributed by atoms with Crippen LogP contribution in [0.4, 0.5) is 0 Å². The molecule has 1 N–H and O–H groups in total. The second-order valence-corrected chi connectivity index (χ2v) is 6.13. The predicted molar refractivity (Wildman–Crippen MR) is 88.0 cm³/mol. The Hall–Kier alpha value is -1.30. The summed E-state index contributed by atoms with van der Waals surface area (Å²) in [5.41, 5.74) is 2.16. The van der Waals surface area contributed by atoms with Crippen LogP contribution in [-0.2, 0) is 0 Å². The normalized spacial score (nSPS) is 17.6. The first-order valence-corrected chi connectivity index (χ1v) is 8.06. The van der Waals surface area contributed by atoms with Crippen molar-refractivity contribution in [3.63, 3.8) is 0 Å². The van der Waals surface area contributed by atoms with Crippen LogP contribution in [0.5, 0.6) is 0 Å². The lowest BCUT2D eigenvalue weighted by Crippen LogP contribution is -2.44. The van der Waals surface area contributed by atoms with Gasteiger partial charge < -0.3 is 5.32 Å². The Morgan fingerprint density at radius 2 is 1.81 bits per heavy atom. The zero-order valence-electron chi connectivity index (χ0n) is 12.1. The summed E-state index contributed by atoms with van der Waals surface area (Å²) in [4.78, 5) is 11.6. The summed E-state index contributed by atoms with van der Waals surface area (Å²) < 4.78 is 1.07. The quantitative estimate of drug-likeness (QED) is 0.927. The van der Waals surface area contributed by atoms with E-state index in [-0.39, 0.29) is 6.04 Å². The van der Waals surface area contributed by atoms with Crippen LogP contribution in [-0.4, -0.2) is 41.0 Å². The average Bonchev–Trinajstić information content (AvgIpc) is 2.56. The van der Waals surface area contributed by atoms with E-state index in [1.807, 2.05) is 30.6 Å². The van der Waals surface area contributed by atoms with E-state index in [0.29, 0.717) is 0 Å². The van der Waals surface area contributed by atoms with Gasteiger partial charge in [-0.25, -0.2) is 9.97 Å². The molecule has 2 aromatic rings. The Morgan fingerprint density at radius 3 is 2.48 bits per heavy atom. The Morgan fingerprint density at radius 1 is 1.14 bits per heavy atom. The van der Waals surface area contributed by atoms with Crippen molar-refractivity contribution >= 4 is 15.9 Å². The van der Waals surface area contributed by atoms with Gasteiger partial charge in [0.2, 0.25) is 0 Å². The topological polar surface area (TPSA) is 41.1 Å². The van der Waals surface area contributed by atoms with Crippen LogP contribution in [0.1, 0.15) is 18.8 Å². The van der Waals surface area contributed by atoms with E-state index < -0.39 is 0 Å². The number of hydrogen-bond donors (Lipinski definition) is 1. The molecular formula is C16H19BrN4. The molecule has 0 radical (unpaired) electrons. The van der Waals surface area contributed by atoms with Gasteiger partial charge in [-0.3, -0.25) is 4.90 Å².